The van der Waals surface area contributed by atoms with E-state index in [9.17, 15) is 0 Å². The molecule has 1 unspecified atom stereocenters. The monoisotopic (exact) mass is 280 g/mol. The van der Waals surface area contributed by atoms with Gasteiger partial charge in [0.1, 0.15) is 5.65 Å². The van der Waals surface area contributed by atoms with Gasteiger partial charge in [-0.15, -0.1) is 0 Å². The Morgan fingerprint density at radius 2 is 2.31 bits per heavy atom. The van der Waals surface area contributed by atoms with E-state index in [0.717, 1.165) is 29.8 Å². The Bertz CT molecular complexity index is 502. The number of hydrogen-bond donors (Lipinski definition) is 2. The van der Waals surface area contributed by atoms with Crippen molar-refractivity contribution < 1.29 is 0 Å². The maximum absolute atomic E-state index is 4.41. The lowest BCUT2D eigenvalue weighted by atomic mass is 10.2. The summed E-state index contributed by atoms with van der Waals surface area (Å²) < 4.78 is 3.21. The van der Waals surface area contributed by atoms with Crippen LogP contribution in [-0.2, 0) is 0 Å². The third-order valence-electron chi connectivity index (χ3n) is 2.90. The van der Waals surface area contributed by atoms with Crippen molar-refractivity contribution in [2.45, 2.75) is 6.04 Å². The van der Waals surface area contributed by atoms with E-state index in [1.165, 1.54) is 5.69 Å². The number of rotatable bonds is 1. The van der Waals surface area contributed by atoms with Crippen LogP contribution in [0.25, 0.3) is 5.65 Å². The number of pyridine rings is 1. The highest BCUT2D eigenvalue weighted by atomic mass is 79.9. The molecule has 1 atom stereocenters. The van der Waals surface area contributed by atoms with Crippen molar-refractivity contribution in [1.29, 1.82) is 0 Å². The van der Waals surface area contributed by atoms with E-state index in [1.54, 1.807) is 0 Å². The average molecular weight is 281 g/mol. The fourth-order valence-corrected chi connectivity index (χ4v) is 2.43. The molecule has 3 rings (SSSR count). The minimum absolute atomic E-state index is 0.345. The van der Waals surface area contributed by atoms with Gasteiger partial charge in [-0.2, -0.15) is 0 Å². The number of hydrogen-bond acceptors (Lipinski definition) is 3. The normalized spacial score (nSPS) is 21.4. The predicted octanol–water partition coefficient (Wildman–Crippen LogP) is 1.33. The third-order valence-corrected chi connectivity index (χ3v) is 3.37. The Hall–Kier alpha value is -0.910. The summed E-state index contributed by atoms with van der Waals surface area (Å²) in [4.78, 5) is 4.41. The number of piperazine rings is 1. The zero-order chi connectivity index (χ0) is 11.0. The molecule has 2 N–H and O–H groups in total. The fraction of sp³-hybridized carbons (Fsp3) is 0.364. The van der Waals surface area contributed by atoms with Crippen LogP contribution in [0.4, 0.5) is 0 Å². The molecule has 5 heteroatoms. The van der Waals surface area contributed by atoms with Crippen LogP contribution in [0.3, 0.4) is 0 Å². The van der Waals surface area contributed by atoms with Gasteiger partial charge in [0, 0.05) is 30.3 Å². The number of imidazole rings is 1. The van der Waals surface area contributed by atoms with Crippen LogP contribution in [0, 0.1) is 0 Å². The first-order chi connectivity index (χ1) is 7.84. The molecule has 0 saturated carbocycles. The second-order valence-corrected chi connectivity index (χ2v) is 4.89. The number of halogens is 1. The summed E-state index contributed by atoms with van der Waals surface area (Å²) in [6.45, 7) is 3.00. The van der Waals surface area contributed by atoms with Gasteiger partial charge in [0.05, 0.1) is 17.9 Å². The summed E-state index contributed by atoms with van der Waals surface area (Å²) in [5.74, 6) is 0. The SMILES string of the molecule is Brc1ccc2ncc(C3CNCCN3)n2c1. The molecule has 0 aromatic carbocycles. The van der Waals surface area contributed by atoms with E-state index in [0.29, 0.717) is 6.04 Å². The molecule has 4 nitrogen and oxygen atoms in total. The van der Waals surface area contributed by atoms with Crippen LogP contribution >= 0.6 is 15.9 Å². The largest absolute Gasteiger partial charge is 0.314 e. The molecule has 1 saturated heterocycles. The fourth-order valence-electron chi connectivity index (χ4n) is 2.09. The number of aromatic nitrogens is 2. The van der Waals surface area contributed by atoms with Gasteiger partial charge in [-0.3, -0.25) is 0 Å². The molecule has 0 aliphatic carbocycles. The minimum atomic E-state index is 0.345. The molecule has 0 bridgehead atoms. The number of fused-ring (bicyclic) bond motifs is 1. The standard InChI is InChI=1S/C11H13BrN4/c12-8-1-2-11-15-6-10(16(11)7-8)9-5-13-3-4-14-9/h1-2,6-7,9,13-14H,3-5H2. The predicted molar refractivity (Wildman–Crippen MR) is 66.5 cm³/mol. The first-order valence-electron chi connectivity index (χ1n) is 5.41. The smallest absolute Gasteiger partial charge is 0.137 e. The van der Waals surface area contributed by atoms with Crippen molar-refractivity contribution >= 4 is 21.6 Å². The van der Waals surface area contributed by atoms with Crippen molar-refractivity contribution in [3.63, 3.8) is 0 Å². The van der Waals surface area contributed by atoms with Crippen molar-refractivity contribution in [2.75, 3.05) is 19.6 Å². The van der Waals surface area contributed by atoms with Crippen LogP contribution < -0.4 is 10.6 Å². The lowest BCUT2D eigenvalue weighted by Gasteiger charge is -2.24. The third kappa shape index (κ3) is 1.75. The van der Waals surface area contributed by atoms with Crippen LogP contribution in [0.1, 0.15) is 11.7 Å². The maximum atomic E-state index is 4.41. The van der Waals surface area contributed by atoms with E-state index in [2.05, 4.69) is 42.1 Å². The van der Waals surface area contributed by atoms with Gasteiger partial charge in [-0.25, -0.2) is 4.98 Å². The maximum Gasteiger partial charge on any atom is 0.137 e. The molecule has 2 aromatic heterocycles. The summed E-state index contributed by atoms with van der Waals surface area (Å²) >= 11 is 3.49. The molecular formula is C11H13BrN4. The van der Waals surface area contributed by atoms with Gasteiger partial charge in [-0.05, 0) is 28.1 Å². The van der Waals surface area contributed by atoms with Crippen LogP contribution in [-0.4, -0.2) is 29.0 Å². The molecule has 1 aliphatic heterocycles. The second kappa shape index (κ2) is 4.16. The summed E-state index contributed by atoms with van der Waals surface area (Å²) in [6, 6.07) is 4.38. The number of nitrogens with one attached hydrogen (secondary N) is 2. The topological polar surface area (TPSA) is 41.4 Å². The Balaban J connectivity index is 2.05. The quantitative estimate of drug-likeness (QED) is 0.828. The summed E-state index contributed by atoms with van der Waals surface area (Å²) in [5.41, 5.74) is 2.20. The van der Waals surface area contributed by atoms with Crippen LogP contribution in [0.5, 0.6) is 0 Å². The lowest BCUT2D eigenvalue weighted by Crippen LogP contribution is -2.43. The van der Waals surface area contributed by atoms with E-state index < -0.39 is 0 Å². The van der Waals surface area contributed by atoms with Crippen molar-refractivity contribution in [1.82, 2.24) is 20.0 Å². The van der Waals surface area contributed by atoms with Crippen LogP contribution in [0.2, 0.25) is 0 Å². The Labute approximate surface area is 102 Å². The minimum Gasteiger partial charge on any atom is -0.314 e. The molecule has 16 heavy (non-hydrogen) atoms. The Morgan fingerprint density at radius 3 is 3.12 bits per heavy atom. The van der Waals surface area contributed by atoms with E-state index in [1.807, 2.05) is 18.3 Å². The molecule has 3 heterocycles. The van der Waals surface area contributed by atoms with E-state index in [-0.39, 0.29) is 0 Å². The zero-order valence-electron chi connectivity index (χ0n) is 8.78. The van der Waals surface area contributed by atoms with Gasteiger partial charge < -0.3 is 15.0 Å². The van der Waals surface area contributed by atoms with E-state index in [4.69, 9.17) is 0 Å². The molecule has 84 valence electrons. The lowest BCUT2D eigenvalue weighted by molar-refractivity contribution is 0.421. The van der Waals surface area contributed by atoms with Gasteiger partial charge in [0.2, 0.25) is 0 Å². The highest BCUT2D eigenvalue weighted by molar-refractivity contribution is 9.10. The summed E-state index contributed by atoms with van der Waals surface area (Å²) in [7, 11) is 0. The molecule has 0 amide bonds. The molecule has 2 aromatic rings. The first-order valence-corrected chi connectivity index (χ1v) is 6.20. The molecule has 0 spiro atoms. The van der Waals surface area contributed by atoms with Gasteiger partial charge in [-0.1, -0.05) is 0 Å². The van der Waals surface area contributed by atoms with E-state index >= 15 is 0 Å². The number of nitrogens with zero attached hydrogens (tertiary/aromatic N) is 2. The highest BCUT2D eigenvalue weighted by Crippen LogP contribution is 2.18. The van der Waals surface area contributed by atoms with Crippen molar-refractivity contribution in [3.8, 4) is 0 Å². The molecular weight excluding hydrogens is 268 g/mol. The second-order valence-electron chi connectivity index (χ2n) is 3.97. The zero-order valence-corrected chi connectivity index (χ0v) is 10.4. The summed E-state index contributed by atoms with van der Waals surface area (Å²) in [5, 5.41) is 6.88. The average Bonchev–Trinajstić information content (AvgIpc) is 2.73. The Kier molecular flexibility index (Phi) is 2.67. The van der Waals surface area contributed by atoms with Crippen LogP contribution in [0.15, 0.2) is 29.0 Å². The first kappa shape index (κ1) is 10.3. The summed E-state index contributed by atoms with van der Waals surface area (Å²) in [6.07, 6.45) is 4.01. The Morgan fingerprint density at radius 1 is 1.38 bits per heavy atom. The highest BCUT2D eigenvalue weighted by Gasteiger charge is 2.17. The van der Waals surface area contributed by atoms with Crippen molar-refractivity contribution in [3.05, 3.63) is 34.7 Å². The van der Waals surface area contributed by atoms with Gasteiger partial charge >= 0.3 is 0 Å². The molecule has 0 radical (unpaired) electrons. The van der Waals surface area contributed by atoms with Gasteiger partial charge in [0.25, 0.3) is 0 Å². The van der Waals surface area contributed by atoms with Crippen molar-refractivity contribution in [2.24, 2.45) is 0 Å². The van der Waals surface area contributed by atoms with Gasteiger partial charge in [0.15, 0.2) is 0 Å². The molecule has 1 aliphatic rings. The molecule has 1 fully saturated rings.